The van der Waals surface area contributed by atoms with Gasteiger partial charge in [0.1, 0.15) is 5.75 Å². The van der Waals surface area contributed by atoms with E-state index in [0.29, 0.717) is 17.6 Å². The Morgan fingerprint density at radius 1 is 1.03 bits per heavy atom. The summed E-state index contributed by atoms with van der Waals surface area (Å²) in [5.74, 6) is -2.66. The molecule has 6 nitrogen and oxygen atoms in total. The van der Waals surface area contributed by atoms with Crippen LogP contribution < -0.4 is 0 Å². The van der Waals surface area contributed by atoms with Gasteiger partial charge in [-0.05, 0) is 63.8 Å². The van der Waals surface area contributed by atoms with Gasteiger partial charge in [0.15, 0.2) is 11.6 Å². The van der Waals surface area contributed by atoms with Gasteiger partial charge in [-0.2, -0.15) is 0 Å². The number of imide groups is 1. The van der Waals surface area contributed by atoms with Crippen LogP contribution in [0.5, 0.6) is 5.75 Å². The number of hydrogen-bond acceptors (Lipinski definition) is 6. The summed E-state index contributed by atoms with van der Waals surface area (Å²) < 4.78 is 0.207. The predicted molar refractivity (Wildman–Crippen MR) is 133 cm³/mol. The molecule has 0 spiro atoms. The molecule has 1 aromatic heterocycles. The summed E-state index contributed by atoms with van der Waals surface area (Å²) in [6, 6.07) is 10.4. The molecule has 6 rings (SSSR count). The Hall–Kier alpha value is -3.10. The highest BCUT2D eigenvalue weighted by Gasteiger charge is 2.56. The van der Waals surface area contributed by atoms with Crippen LogP contribution in [0, 0.1) is 17.8 Å². The summed E-state index contributed by atoms with van der Waals surface area (Å²) in [5, 5.41) is 11.7. The standard InChI is InChI=1S/C27H20BrNO5S/c28-20-11-21(31)24-19(25(20)32)10-18-16(22(24)13-3-5-14(30)6-4-13)7-8-17-23(18)27(34)29(26(17)33)12-15-2-1-9-35-15/h1-7,9,11,17-18,22-23,30H,8,10,12H2. The first-order valence-corrected chi connectivity index (χ1v) is 13.1. The molecule has 1 saturated heterocycles. The van der Waals surface area contributed by atoms with Crippen molar-refractivity contribution in [1.82, 2.24) is 4.90 Å². The summed E-state index contributed by atoms with van der Waals surface area (Å²) in [6.45, 7) is 0.255. The molecule has 1 N–H and O–H groups in total. The van der Waals surface area contributed by atoms with Crippen molar-refractivity contribution in [2.24, 2.45) is 17.8 Å². The average molecular weight is 550 g/mol. The molecule has 4 aliphatic rings. The largest absolute Gasteiger partial charge is 0.508 e. The fraction of sp³-hybridized carbons (Fsp3) is 0.259. The number of aromatic hydroxyl groups is 1. The molecule has 8 heteroatoms. The van der Waals surface area contributed by atoms with Gasteiger partial charge in [-0.25, -0.2) is 0 Å². The van der Waals surface area contributed by atoms with Gasteiger partial charge in [-0.15, -0.1) is 11.3 Å². The van der Waals surface area contributed by atoms with Crippen LogP contribution in [0.15, 0.2) is 75.1 Å². The lowest BCUT2D eigenvalue weighted by atomic mass is 9.59. The Morgan fingerprint density at radius 2 is 1.80 bits per heavy atom. The highest BCUT2D eigenvalue weighted by Crippen LogP contribution is 2.55. The maximum absolute atomic E-state index is 13.7. The van der Waals surface area contributed by atoms with Gasteiger partial charge in [0.25, 0.3) is 0 Å². The van der Waals surface area contributed by atoms with Crippen molar-refractivity contribution in [3.05, 3.63) is 85.6 Å². The molecule has 3 aliphatic carbocycles. The van der Waals surface area contributed by atoms with Crippen molar-refractivity contribution in [3.8, 4) is 5.75 Å². The number of benzene rings is 1. The fourth-order valence-corrected chi connectivity index (χ4v) is 7.17. The molecule has 176 valence electrons. The van der Waals surface area contributed by atoms with E-state index >= 15 is 0 Å². The van der Waals surface area contributed by atoms with Crippen molar-refractivity contribution < 1.29 is 24.3 Å². The number of phenols is 1. The third-order valence-electron chi connectivity index (χ3n) is 7.54. The number of thiophene rings is 1. The van der Waals surface area contributed by atoms with Gasteiger partial charge >= 0.3 is 0 Å². The number of likely N-dealkylation sites (tertiary alicyclic amines) is 1. The zero-order chi connectivity index (χ0) is 24.4. The molecular formula is C27H20BrNO5S. The molecule has 1 fully saturated rings. The Labute approximate surface area is 213 Å². The van der Waals surface area contributed by atoms with Crippen LogP contribution in [0.2, 0.25) is 0 Å². The van der Waals surface area contributed by atoms with Crippen LogP contribution in [-0.2, 0) is 25.7 Å². The number of Topliss-reactive ketones (excluding diaryl/α,β-unsaturated/α-hetero) is 1. The van der Waals surface area contributed by atoms with Crippen molar-refractivity contribution in [2.45, 2.75) is 25.3 Å². The zero-order valence-corrected chi connectivity index (χ0v) is 20.8. The van der Waals surface area contributed by atoms with E-state index in [1.807, 2.05) is 23.6 Å². The molecule has 35 heavy (non-hydrogen) atoms. The van der Waals surface area contributed by atoms with Crippen LogP contribution in [-0.4, -0.2) is 33.4 Å². The van der Waals surface area contributed by atoms with Gasteiger partial charge in [0.2, 0.25) is 11.8 Å². The second kappa shape index (κ2) is 8.24. The number of halogens is 1. The van der Waals surface area contributed by atoms with Crippen LogP contribution in [0.3, 0.4) is 0 Å². The Kier molecular flexibility index (Phi) is 5.27. The molecular weight excluding hydrogens is 530 g/mol. The fourth-order valence-electron chi connectivity index (χ4n) is 6.03. The summed E-state index contributed by atoms with van der Waals surface area (Å²) >= 11 is 4.73. The smallest absolute Gasteiger partial charge is 0.234 e. The number of phenolic OH excluding ortho intramolecular Hbond substituents is 1. The molecule has 2 aromatic rings. The number of carbonyl (C=O) groups excluding carboxylic acids is 4. The number of carbonyl (C=O) groups is 4. The lowest BCUT2D eigenvalue weighted by Gasteiger charge is -2.42. The number of fused-ring (bicyclic) bond motifs is 3. The summed E-state index contributed by atoms with van der Waals surface area (Å²) in [6.07, 6.45) is 3.98. The highest BCUT2D eigenvalue weighted by molar-refractivity contribution is 9.12. The maximum atomic E-state index is 13.7. The van der Waals surface area contributed by atoms with Crippen molar-refractivity contribution in [3.63, 3.8) is 0 Å². The topological polar surface area (TPSA) is 91.8 Å². The second-order valence-electron chi connectivity index (χ2n) is 9.33. The lowest BCUT2D eigenvalue weighted by Crippen LogP contribution is -2.39. The first-order valence-electron chi connectivity index (χ1n) is 11.4. The average Bonchev–Trinajstić information content (AvgIpc) is 3.45. The Morgan fingerprint density at radius 3 is 2.51 bits per heavy atom. The van der Waals surface area contributed by atoms with E-state index in [9.17, 15) is 24.3 Å². The summed E-state index contributed by atoms with van der Waals surface area (Å²) in [5.41, 5.74) is 2.51. The number of nitrogens with zero attached hydrogens (tertiary/aromatic N) is 1. The maximum Gasteiger partial charge on any atom is 0.234 e. The van der Waals surface area contributed by atoms with Gasteiger partial charge in [-0.3, -0.25) is 24.1 Å². The van der Waals surface area contributed by atoms with Gasteiger partial charge in [0.05, 0.1) is 22.9 Å². The molecule has 2 amide bonds. The van der Waals surface area contributed by atoms with E-state index in [2.05, 4.69) is 15.9 Å². The number of rotatable bonds is 3. The minimum atomic E-state index is -0.566. The van der Waals surface area contributed by atoms with E-state index in [4.69, 9.17) is 0 Å². The molecule has 2 heterocycles. The van der Waals surface area contributed by atoms with Gasteiger partial charge in [0, 0.05) is 28.0 Å². The third kappa shape index (κ3) is 3.42. The minimum absolute atomic E-state index is 0.0995. The highest BCUT2D eigenvalue weighted by atomic mass is 79.9. The molecule has 0 bridgehead atoms. The zero-order valence-electron chi connectivity index (χ0n) is 18.4. The number of hydrogen-bond donors (Lipinski definition) is 1. The third-order valence-corrected chi connectivity index (χ3v) is 8.99. The molecule has 4 atom stereocenters. The van der Waals surface area contributed by atoms with Crippen LogP contribution in [0.25, 0.3) is 0 Å². The van der Waals surface area contributed by atoms with E-state index in [0.717, 1.165) is 16.0 Å². The van der Waals surface area contributed by atoms with Crippen molar-refractivity contribution >= 4 is 50.6 Å². The molecule has 1 aliphatic heterocycles. The van der Waals surface area contributed by atoms with Gasteiger partial charge < -0.3 is 5.11 Å². The van der Waals surface area contributed by atoms with Crippen LogP contribution >= 0.6 is 27.3 Å². The summed E-state index contributed by atoms with van der Waals surface area (Å²) in [4.78, 5) is 55.6. The molecule has 0 saturated carbocycles. The Bertz CT molecular complexity index is 1390. The first-order chi connectivity index (χ1) is 16.8. The van der Waals surface area contributed by atoms with Crippen LogP contribution in [0.4, 0.5) is 0 Å². The van der Waals surface area contributed by atoms with Crippen molar-refractivity contribution in [1.29, 1.82) is 0 Å². The molecule has 0 radical (unpaired) electrons. The van der Waals surface area contributed by atoms with Crippen molar-refractivity contribution in [2.75, 3.05) is 0 Å². The predicted octanol–water partition coefficient (Wildman–Crippen LogP) is 4.42. The van der Waals surface area contributed by atoms with Gasteiger partial charge in [-0.1, -0.05) is 29.8 Å². The number of amides is 2. The minimum Gasteiger partial charge on any atom is -0.508 e. The first kappa shape index (κ1) is 22.4. The second-order valence-corrected chi connectivity index (χ2v) is 11.2. The van der Waals surface area contributed by atoms with E-state index in [1.165, 1.54) is 22.3 Å². The summed E-state index contributed by atoms with van der Waals surface area (Å²) in [7, 11) is 0. The molecule has 4 unspecified atom stereocenters. The van der Waals surface area contributed by atoms with E-state index < -0.39 is 17.8 Å². The van der Waals surface area contributed by atoms with E-state index in [-0.39, 0.29) is 52.5 Å². The number of ketones is 2. The SMILES string of the molecule is O=C1C=C(Br)C(=O)C2=C1C(c1ccc(O)cc1)C1=CCC3C(=O)N(Cc4cccs4)C(=O)C3C1C2. The lowest BCUT2D eigenvalue weighted by molar-refractivity contribution is -0.140. The van der Waals surface area contributed by atoms with Crippen LogP contribution in [0.1, 0.15) is 29.2 Å². The normalized spacial score (nSPS) is 28.0. The quantitative estimate of drug-likeness (QED) is 0.347. The monoisotopic (exact) mass is 549 g/mol. The van der Waals surface area contributed by atoms with E-state index in [1.54, 1.807) is 24.3 Å². The Balaban J connectivity index is 1.45. The number of allylic oxidation sites excluding steroid dienone is 6. The molecule has 1 aromatic carbocycles.